The first kappa shape index (κ1) is 42.5. The van der Waals surface area contributed by atoms with Crippen LogP contribution in [0.25, 0.3) is 22.3 Å². The van der Waals surface area contributed by atoms with Gasteiger partial charge < -0.3 is 35.2 Å². The Balaban J connectivity index is 1.15. The fourth-order valence-electron chi connectivity index (χ4n) is 8.55. The third-order valence-corrected chi connectivity index (χ3v) is 15.4. The minimum atomic E-state index is -4.01. The quantitative estimate of drug-likeness (QED) is 0.0747. The SMILES string of the molecule is COc1ccc2c(O[C@@H]3C[C@H]4C(=O)N[C@]5(P(=O)(O)Cc6ccccc6)C[C@H]5C=CCCCCC[C@H](Nc5ccc(C)cc5)C(=O)N4C3)cc(-c3csc(NC(C)C)n3)nc2c1. The molecule has 4 heterocycles. The molecule has 1 unspecified atom stereocenters. The van der Waals surface area contributed by atoms with Crippen LogP contribution in [0.1, 0.15) is 69.9 Å². The van der Waals surface area contributed by atoms with Crippen LogP contribution >= 0.6 is 18.7 Å². The molecule has 2 aliphatic heterocycles. The molecule has 61 heavy (non-hydrogen) atoms. The van der Waals surface area contributed by atoms with Crippen LogP contribution in [0, 0.1) is 12.8 Å². The molecular formula is C47H55N6O6PS. The zero-order valence-electron chi connectivity index (χ0n) is 35.2. The average Bonchev–Trinajstić information content (AvgIpc) is 3.51. The van der Waals surface area contributed by atoms with Crippen molar-refractivity contribution in [2.45, 2.75) is 101 Å². The number of carbonyl (C=O) groups excluding carboxylic acids is 2. The monoisotopic (exact) mass is 862 g/mol. The van der Waals surface area contributed by atoms with E-state index >= 15 is 0 Å². The summed E-state index contributed by atoms with van der Waals surface area (Å²) in [5.74, 6) is 0.195. The number of pyridine rings is 1. The third-order valence-electron chi connectivity index (χ3n) is 11.9. The molecule has 8 rings (SSSR count). The molecule has 1 saturated heterocycles. The van der Waals surface area contributed by atoms with Gasteiger partial charge in [0.25, 0.3) is 0 Å². The first-order valence-electron chi connectivity index (χ1n) is 21.3. The molecule has 1 aliphatic carbocycles. The van der Waals surface area contributed by atoms with E-state index in [1.165, 1.54) is 11.3 Å². The van der Waals surface area contributed by atoms with Crippen LogP contribution in [-0.4, -0.2) is 74.7 Å². The highest BCUT2D eigenvalue weighted by molar-refractivity contribution is 7.59. The van der Waals surface area contributed by atoms with E-state index in [1.807, 2.05) is 97.2 Å². The van der Waals surface area contributed by atoms with Gasteiger partial charge in [-0.3, -0.25) is 14.2 Å². The van der Waals surface area contributed by atoms with Crippen molar-refractivity contribution in [3.63, 3.8) is 0 Å². The highest BCUT2D eigenvalue weighted by Gasteiger charge is 2.66. The Hall–Kier alpha value is -5.23. The predicted octanol–water partition coefficient (Wildman–Crippen LogP) is 9.15. The van der Waals surface area contributed by atoms with Crippen molar-refractivity contribution < 1.29 is 28.5 Å². The van der Waals surface area contributed by atoms with Crippen molar-refractivity contribution in [1.82, 2.24) is 20.2 Å². The molecule has 6 atom stereocenters. The standard InChI is InChI=1S/C47H55N6O6PS/c1-30(2)48-46-51-41(29-61-46)40-25-43(37-22-21-35(58-4)23-39(37)50-40)59-36-24-42-44(54)52-47(60(56,57)28-32-13-9-8-10-14-32)26-33(47)15-11-6-5-7-12-16-38(45(55)53(42)27-36)49-34-19-17-31(3)18-20-34/h8-11,13-15,17-23,25,29-30,33,36,38,42,49H,5-7,12,16,24,26-28H2,1-4H3,(H,48,51)(H,52,54)(H,56,57)/t33-,36-,38+,42+,47+/m1/s1. The van der Waals surface area contributed by atoms with E-state index in [0.717, 1.165) is 53.0 Å². The maximum absolute atomic E-state index is 15.0. The summed E-state index contributed by atoms with van der Waals surface area (Å²) in [6.07, 6.45) is 7.95. The lowest BCUT2D eigenvalue weighted by Crippen LogP contribution is -2.53. The number of amides is 2. The summed E-state index contributed by atoms with van der Waals surface area (Å²) in [6, 6.07) is 23.3. The van der Waals surface area contributed by atoms with Gasteiger partial charge in [-0.1, -0.05) is 73.0 Å². The highest BCUT2D eigenvalue weighted by Crippen LogP contribution is 2.71. The van der Waals surface area contributed by atoms with Crippen molar-refractivity contribution in [2.24, 2.45) is 5.92 Å². The summed E-state index contributed by atoms with van der Waals surface area (Å²) in [6.45, 7) is 6.27. The summed E-state index contributed by atoms with van der Waals surface area (Å²) >= 11 is 1.49. The molecule has 0 radical (unpaired) electrons. The lowest BCUT2D eigenvalue weighted by atomic mass is 10.0. The summed E-state index contributed by atoms with van der Waals surface area (Å²) < 4.78 is 27.0. The Labute approximate surface area is 361 Å². The molecule has 1 saturated carbocycles. The second-order valence-electron chi connectivity index (χ2n) is 16.9. The molecule has 0 spiro atoms. The Morgan fingerprint density at radius 2 is 1.82 bits per heavy atom. The van der Waals surface area contributed by atoms with Gasteiger partial charge in [0.15, 0.2) is 5.13 Å². The Morgan fingerprint density at radius 3 is 2.59 bits per heavy atom. The number of benzene rings is 3. The van der Waals surface area contributed by atoms with Gasteiger partial charge in [0.2, 0.25) is 19.2 Å². The molecule has 14 heteroatoms. The highest BCUT2D eigenvalue weighted by atomic mass is 32.1. The van der Waals surface area contributed by atoms with Gasteiger partial charge in [0.05, 0.1) is 31.0 Å². The van der Waals surface area contributed by atoms with Crippen LogP contribution in [0.4, 0.5) is 10.8 Å². The number of anilines is 2. The lowest BCUT2D eigenvalue weighted by Gasteiger charge is -2.31. The summed E-state index contributed by atoms with van der Waals surface area (Å²) in [5, 5.41) is 12.1. The fourth-order valence-corrected chi connectivity index (χ4v) is 11.8. The van der Waals surface area contributed by atoms with Crippen molar-refractivity contribution in [3.05, 3.63) is 108 Å². The lowest BCUT2D eigenvalue weighted by molar-refractivity contribution is -0.139. The number of hydrogen-bond acceptors (Lipinski definition) is 10. The summed E-state index contributed by atoms with van der Waals surface area (Å²) in [7, 11) is -2.41. The normalized spacial score (nSPS) is 24.2. The number of nitrogens with one attached hydrogen (secondary N) is 3. The number of nitrogens with zero attached hydrogens (tertiary/aromatic N) is 3. The van der Waals surface area contributed by atoms with Gasteiger partial charge in [0.1, 0.15) is 40.7 Å². The van der Waals surface area contributed by atoms with E-state index in [0.29, 0.717) is 41.2 Å². The van der Waals surface area contributed by atoms with E-state index < -0.39 is 36.7 Å². The number of allylic oxidation sites excluding steroid dienone is 1. The molecule has 5 aromatic rings. The minimum Gasteiger partial charge on any atom is -0.497 e. The summed E-state index contributed by atoms with van der Waals surface area (Å²) in [4.78, 5) is 53.1. The van der Waals surface area contributed by atoms with E-state index in [1.54, 1.807) is 12.0 Å². The molecule has 2 amide bonds. The van der Waals surface area contributed by atoms with Gasteiger partial charge in [0, 0.05) is 47.0 Å². The first-order valence-corrected chi connectivity index (χ1v) is 24.0. The molecule has 2 aromatic heterocycles. The predicted molar refractivity (Wildman–Crippen MR) is 242 cm³/mol. The van der Waals surface area contributed by atoms with Crippen molar-refractivity contribution >= 4 is 52.2 Å². The number of thiazole rings is 1. The second-order valence-corrected chi connectivity index (χ2v) is 20.3. The van der Waals surface area contributed by atoms with Crippen molar-refractivity contribution in [1.29, 1.82) is 0 Å². The number of aryl methyl sites for hydroxylation is 1. The Bertz CT molecular complexity index is 2440. The van der Waals surface area contributed by atoms with Gasteiger partial charge in [-0.2, -0.15) is 0 Å². The number of rotatable bonds is 11. The van der Waals surface area contributed by atoms with E-state index in [2.05, 4.69) is 35.9 Å². The van der Waals surface area contributed by atoms with Crippen LogP contribution in [0.2, 0.25) is 0 Å². The molecule has 3 aliphatic rings. The number of fused-ring (bicyclic) bond motifs is 3. The van der Waals surface area contributed by atoms with Crippen LogP contribution < -0.4 is 25.4 Å². The van der Waals surface area contributed by atoms with Crippen LogP contribution in [0.3, 0.4) is 0 Å². The largest absolute Gasteiger partial charge is 0.497 e. The van der Waals surface area contributed by atoms with Gasteiger partial charge >= 0.3 is 0 Å². The molecule has 320 valence electrons. The van der Waals surface area contributed by atoms with Crippen LogP contribution in [0.15, 0.2) is 96.4 Å². The van der Waals surface area contributed by atoms with E-state index in [-0.39, 0.29) is 37.0 Å². The maximum Gasteiger partial charge on any atom is 0.245 e. The maximum atomic E-state index is 15.0. The van der Waals surface area contributed by atoms with Crippen LogP contribution in [0.5, 0.6) is 11.5 Å². The van der Waals surface area contributed by atoms with E-state index in [9.17, 15) is 19.0 Å². The topological polar surface area (TPSA) is 155 Å². The minimum absolute atomic E-state index is 0.0731. The summed E-state index contributed by atoms with van der Waals surface area (Å²) in [5.41, 5.74) is 4.60. The number of hydrogen-bond donors (Lipinski definition) is 4. The van der Waals surface area contributed by atoms with E-state index in [4.69, 9.17) is 19.4 Å². The smallest absolute Gasteiger partial charge is 0.245 e. The molecule has 12 nitrogen and oxygen atoms in total. The molecule has 3 aromatic carbocycles. The molecular weight excluding hydrogens is 808 g/mol. The second kappa shape index (κ2) is 18.0. The number of methoxy groups -OCH3 is 1. The number of carbonyl (C=O) groups is 2. The third kappa shape index (κ3) is 9.49. The van der Waals surface area contributed by atoms with Crippen molar-refractivity contribution in [2.75, 3.05) is 24.3 Å². The molecule has 0 bridgehead atoms. The van der Waals surface area contributed by atoms with Gasteiger partial charge in [-0.15, -0.1) is 11.3 Å². The Kier molecular flexibility index (Phi) is 12.5. The van der Waals surface area contributed by atoms with Crippen LogP contribution in [-0.2, 0) is 20.3 Å². The fraction of sp³-hybridized carbons (Fsp3) is 0.404. The number of ether oxygens (including phenoxy) is 2. The molecule has 4 N–H and O–H groups in total. The molecule has 2 fully saturated rings. The average molecular weight is 863 g/mol. The van der Waals surface area contributed by atoms with Crippen molar-refractivity contribution in [3.8, 4) is 22.9 Å². The Morgan fingerprint density at radius 1 is 1.02 bits per heavy atom. The zero-order valence-corrected chi connectivity index (χ0v) is 36.9. The van der Waals surface area contributed by atoms with Gasteiger partial charge in [-0.05, 0) is 76.3 Å². The number of aromatic nitrogens is 2. The van der Waals surface area contributed by atoms with Gasteiger partial charge in [-0.25, -0.2) is 9.97 Å². The zero-order chi connectivity index (χ0) is 42.7. The first-order chi connectivity index (χ1) is 29.4.